The van der Waals surface area contributed by atoms with Crippen molar-refractivity contribution >= 4 is 16.8 Å². The van der Waals surface area contributed by atoms with E-state index >= 15 is 0 Å². The fourth-order valence-corrected chi connectivity index (χ4v) is 3.76. The Balaban J connectivity index is 1.51. The van der Waals surface area contributed by atoms with E-state index in [1.54, 1.807) is 23.9 Å². The molecule has 0 saturated heterocycles. The van der Waals surface area contributed by atoms with Crippen LogP contribution < -0.4 is 0 Å². The fraction of sp³-hybridized carbons (Fsp3) is 0.174. The van der Waals surface area contributed by atoms with Crippen molar-refractivity contribution in [1.29, 1.82) is 0 Å². The Kier molecular flexibility index (Phi) is 3.46. The Morgan fingerprint density at radius 2 is 2.07 bits per heavy atom. The maximum atomic E-state index is 14.2. The highest BCUT2D eigenvalue weighted by molar-refractivity contribution is 5.98. The molecule has 0 unspecified atom stereocenters. The molecule has 1 aliphatic heterocycles. The molecular weight excluding hydrogens is 367 g/mol. The van der Waals surface area contributed by atoms with Gasteiger partial charge < -0.3 is 4.90 Å². The molecule has 2 aromatic heterocycles. The third kappa shape index (κ3) is 2.97. The second kappa shape index (κ2) is 6.51. The van der Waals surface area contributed by atoms with Crippen LogP contribution in [0.4, 0.5) is 4.39 Å². The molecule has 0 aliphatic carbocycles. The lowest BCUT2D eigenvalue weighted by atomic mass is 9.97. The molecule has 1 aliphatic rings. The molecular formula is C23H19FN4O. The molecule has 1 amide bonds. The number of carbonyl (C=O) groups is 1. The summed E-state index contributed by atoms with van der Waals surface area (Å²) >= 11 is 0. The number of aryl methyl sites for hydroxylation is 2. The number of hydrogen-bond acceptors (Lipinski definition) is 3. The Morgan fingerprint density at radius 3 is 2.86 bits per heavy atom. The highest BCUT2D eigenvalue weighted by Crippen LogP contribution is 2.31. The molecule has 4 aromatic rings. The van der Waals surface area contributed by atoms with Gasteiger partial charge in [-0.25, -0.2) is 4.39 Å². The summed E-state index contributed by atoms with van der Waals surface area (Å²) in [6.07, 6.45) is 3.35. The number of carbonyl (C=O) groups excluding carboxylic acids is 1. The van der Waals surface area contributed by atoms with Gasteiger partial charge in [0.1, 0.15) is 5.82 Å². The number of pyridine rings is 1. The van der Waals surface area contributed by atoms with Crippen LogP contribution in [0.1, 0.15) is 29.9 Å². The normalized spacial score (nSPS) is 16.1. The highest BCUT2D eigenvalue weighted by Gasteiger charge is 2.28. The van der Waals surface area contributed by atoms with E-state index in [4.69, 9.17) is 2.74 Å². The minimum absolute atomic E-state index is 0.111. The molecule has 29 heavy (non-hydrogen) atoms. The maximum Gasteiger partial charge on any atom is 0.256 e. The zero-order valence-electron chi connectivity index (χ0n) is 18.0. The zero-order valence-corrected chi connectivity index (χ0v) is 16.0. The molecule has 0 bridgehead atoms. The molecule has 0 atom stereocenters. The number of halogens is 1. The van der Waals surface area contributed by atoms with Gasteiger partial charge in [0.05, 0.1) is 26.0 Å². The third-order valence-electron chi connectivity index (χ3n) is 5.21. The molecule has 0 saturated carbocycles. The van der Waals surface area contributed by atoms with E-state index in [2.05, 4.69) is 10.1 Å². The average Bonchev–Trinajstić information content (AvgIpc) is 3.19. The number of hydrogen-bond donors (Lipinski definition) is 0. The predicted molar refractivity (Wildman–Crippen MR) is 109 cm³/mol. The van der Waals surface area contributed by atoms with Crippen molar-refractivity contribution in [1.82, 2.24) is 19.7 Å². The van der Waals surface area contributed by atoms with Crippen molar-refractivity contribution in [3.8, 4) is 11.1 Å². The van der Waals surface area contributed by atoms with Gasteiger partial charge in [-0.2, -0.15) is 5.10 Å². The Bertz CT molecular complexity index is 1370. The molecule has 0 radical (unpaired) electrons. The summed E-state index contributed by atoms with van der Waals surface area (Å²) in [5.41, 5.74) is 4.29. The SMILES string of the molecule is [2H]C1([2H])c2ncccc2C(=O)N1Cc1ccc(-c2cc(F)cc3nn(C)cc23)cc1C. The lowest BCUT2D eigenvalue weighted by Crippen LogP contribution is -2.23. The minimum atomic E-state index is -1.98. The van der Waals surface area contributed by atoms with E-state index in [1.165, 1.54) is 23.2 Å². The van der Waals surface area contributed by atoms with Gasteiger partial charge in [-0.1, -0.05) is 18.2 Å². The lowest BCUT2D eigenvalue weighted by Gasteiger charge is -2.18. The molecule has 3 heterocycles. The quantitative estimate of drug-likeness (QED) is 0.528. The third-order valence-corrected chi connectivity index (χ3v) is 5.21. The van der Waals surface area contributed by atoms with Crippen LogP contribution in [0.25, 0.3) is 22.0 Å². The van der Waals surface area contributed by atoms with Gasteiger partial charge >= 0.3 is 0 Å². The average molecular weight is 388 g/mol. The van der Waals surface area contributed by atoms with Gasteiger partial charge in [0.2, 0.25) is 0 Å². The number of amides is 1. The lowest BCUT2D eigenvalue weighted by molar-refractivity contribution is 0.0766. The summed E-state index contributed by atoms with van der Waals surface area (Å²) in [5.74, 6) is -0.733. The monoisotopic (exact) mass is 388 g/mol. The van der Waals surface area contributed by atoms with E-state index in [-0.39, 0.29) is 24.0 Å². The number of aromatic nitrogens is 3. The highest BCUT2D eigenvalue weighted by atomic mass is 19.1. The van der Waals surface area contributed by atoms with Crippen LogP contribution in [-0.4, -0.2) is 25.6 Å². The zero-order chi connectivity index (χ0) is 21.9. The molecule has 0 N–H and O–H groups in total. The number of benzene rings is 2. The first-order chi connectivity index (χ1) is 14.8. The van der Waals surface area contributed by atoms with Crippen LogP contribution in [0.5, 0.6) is 0 Å². The summed E-state index contributed by atoms with van der Waals surface area (Å²) in [7, 11) is 1.80. The topological polar surface area (TPSA) is 51.0 Å². The smallest absolute Gasteiger partial charge is 0.256 e. The first-order valence-corrected chi connectivity index (χ1v) is 9.26. The first-order valence-electron chi connectivity index (χ1n) is 10.3. The molecule has 5 nitrogen and oxygen atoms in total. The second-order valence-electron chi connectivity index (χ2n) is 7.23. The van der Waals surface area contributed by atoms with Crippen molar-refractivity contribution in [3.63, 3.8) is 0 Å². The van der Waals surface area contributed by atoms with E-state index in [0.29, 0.717) is 11.1 Å². The number of fused-ring (bicyclic) bond motifs is 2. The van der Waals surface area contributed by atoms with Crippen molar-refractivity contribution in [2.75, 3.05) is 0 Å². The molecule has 5 rings (SSSR count). The predicted octanol–water partition coefficient (Wildman–Crippen LogP) is 4.24. The Morgan fingerprint density at radius 1 is 1.21 bits per heavy atom. The Labute approximate surface area is 170 Å². The van der Waals surface area contributed by atoms with Crippen molar-refractivity contribution in [2.24, 2.45) is 7.05 Å². The number of nitrogens with zero attached hydrogens (tertiary/aromatic N) is 4. The maximum absolute atomic E-state index is 14.2. The summed E-state index contributed by atoms with van der Waals surface area (Å²) in [4.78, 5) is 18.1. The van der Waals surface area contributed by atoms with Crippen LogP contribution in [-0.2, 0) is 20.1 Å². The molecule has 0 spiro atoms. The van der Waals surface area contributed by atoms with Gasteiger partial charge in [-0.15, -0.1) is 0 Å². The van der Waals surface area contributed by atoms with E-state index < -0.39 is 6.50 Å². The summed E-state index contributed by atoms with van der Waals surface area (Å²) < 4.78 is 32.7. The van der Waals surface area contributed by atoms with Gasteiger partial charge in [0.15, 0.2) is 0 Å². The number of rotatable bonds is 3. The molecule has 2 aromatic carbocycles. The van der Waals surface area contributed by atoms with E-state index in [1.807, 2.05) is 31.3 Å². The van der Waals surface area contributed by atoms with Crippen molar-refractivity contribution < 1.29 is 11.9 Å². The van der Waals surface area contributed by atoms with Gasteiger partial charge in [-0.05, 0) is 47.4 Å². The van der Waals surface area contributed by atoms with Gasteiger partial charge in [0, 0.05) is 37.4 Å². The summed E-state index contributed by atoms with van der Waals surface area (Å²) in [6.45, 7) is 0.0308. The minimum Gasteiger partial charge on any atom is -0.328 e. The summed E-state index contributed by atoms with van der Waals surface area (Å²) in [6, 6.07) is 11.8. The van der Waals surface area contributed by atoms with Crippen LogP contribution in [0, 0.1) is 12.7 Å². The van der Waals surface area contributed by atoms with Crippen LogP contribution in [0.15, 0.2) is 54.9 Å². The molecule has 144 valence electrons. The first kappa shape index (κ1) is 15.4. The van der Waals surface area contributed by atoms with E-state index in [0.717, 1.165) is 27.6 Å². The van der Waals surface area contributed by atoms with Gasteiger partial charge in [0.25, 0.3) is 5.91 Å². The van der Waals surface area contributed by atoms with Crippen molar-refractivity contribution in [2.45, 2.75) is 20.0 Å². The second-order valence-corrected chi connectivity index (χ2v) is 7.23. The largest absolute Gasteiger partial charge is 0.328 e. The van der Waals surface area contributed by atoms with Crippen LogP contribution in [0.3, 0.4) is 0 Å². The standard InChI is InChI=1S/C23H19FN4O/c1-14-8-15(19-9-17(24)10-21-20(19)12-27(2)26-21)5-6-16(14)11-28-13-22-18(23(28)29)4-3-7-25-22/h3-10,12H,11,13H2,1-2H3/i13D2. The van der Waals surface area contributed by atoms with E-state index in [9.17, 15) is 9.18 Å². The van der Waals surface area contributed by atoms with Crippen molar-refractivity contribution in [3.05, 3.63) is 83.1 Å². The fourth-order valence-electron chi connectivity index (χ4n) is 3.76. The Hall–Kier alpha value is -3.54. The summed E-state index contributed by atoms with van der Waals surface area (Å²) in [5, 5.41) is 5.15. The van der Waals surface area contributed by atoms with Crippen LogP contribution in [0.2, 0.25) is 0 Å². The molecule has 6 heteroatoms. The van der Waals surface area contributed by atoms with Gasteiger partial charge in [-0.3, -0.25) is 14.5 Å². The van der Waals surface area contributed by atoms with Crippen LogP contribution >= 0.6 is 0 Å². The molecule has 0 fully saturated rings.